The molecule has 0 aliphatic carbocycles. The molecule has 0 unspecified atom stereocenters. The normalized spacial score (nSPS) is 11.3. The van der Waals surface area contributed by atoms with Gasteiger partial charge in [-0.2, -0.15) is 5.10 Å². The number of H-pyrrole nitrogens is 1. The lowest BCUT2D eigenvalue weighted by Gasteiger charge is -2.02. The summed E-state index contributed by atoms with van der Waals surface area (Å²) in [7, 11) is 1.91. The van der Waals surface area contributed by atoms with Crippen molar-refractivity contribution in [3.05, 3.63) is 53.7 Å². The molecule has 0 aliphatic heterocycles. The average molecular weight is 272 g/mol. The third-order valence-electron chi connectivity index (χ3n) is 3.39. The van der Waals surface area contributed by atoms with E-state index in [1.54, 1.807) is 4.68 Å². The summed E-state index contributed by atoms with van der Waals surface area (Å²) in [4.78, 5) is 3.11. The van der Waals surface area contributed by atoms with Crippen LogP contribution in [0.1, 0.15) is 11.1 Å². The van der Waals surface area contributed by atoms with Crippen molar-refractivity contribution < 1.29 is 4.39 Å². The minimum Gasteiger partial charge on any atom is -0.361 e. The van der Waals surface area contributed by atoms with Gasteiger partial charge >= 0.3 is 0 Å². The highest BCUT2D eigenvalue weighted by Gasteiger charge is 2.04. The SMILES string of the molecule is Cn1cc(CNCCc2c[nH]c3cc(F)ccc23)cn1. The molecule has 0 fully saturated rings. The van der Waals surface area contributed by atoms with E-state index in [1.165, 1.54) is 23.3 Å². The Morgan fingerprint density at radius 2 is 2.30 bits per heavy atom. The molecule has 2 N–H and O–H groups in total. The molecule has 20 heavy (non-hydrogen) atoms. The molecule has 5 heteroatoms. The number of hydrogen-bond acceptors (Lipinski definition) is 2. The van der Waals surface area contributed by atoms with E-state index in [0.717, 1.165) is 30.4 Å². The van der Waals surface area contributed by atoms with Crippen molar-refractivity contribution in [2.45, 2.75) is 13.0 Å². The molecule has 0 atom stereocenters. The molecule has 3 aromatic rings. The second-order valence-corrected chi connectivity index (χ2v) is 4.95. The average Bonchev–Trinajstić information content (AvgIpc) is 3.01. The molecule has 104 valence electrons. The van der Waals surface area contributed by atoms with Crippen LogP contribution >= 0.6 is 0 Å². The molecule has 0 radical (unpaired) electrons. The second kappa shape index (κ2) is 5.46. The van der Waals surface area contributed by atoms with Crippen LogP contribution in [-0.4, -0.2) is 21.3 Å². The second-order valence-electron chi connectivity index (χ2n) is 4.95. The van der Waals surface area contributed by atoms with Gasteiger partial charge in [-0.3, -0.25) is 4.68 Å². The molecule has 1 aromatic carbocycles. The van der Waals surface area contributed by atoms with Gasteiger partial charge in [-0.05, 0) is 36.7 Å². The van der Waals surface area contributed by atoms with Gasteiger partial charge in [0.1, 0.15) is 5.82 Å². The zero-order valence-electron chi connectivity index (χ0n) is 11.4. The van der Waals surface area contributed by atoms with Gasteiger partial charge in [-0.25, -0.2) is 4.39 Å². The first kappa shape index (κ1) is 12.9. The van der Waals surface area contributed by atoms with Gasteiger partial charge in [0.2, 0.25) is 0 Å². The van der Waals surface area contributed by atoms with Crippen molar-refractivity contribution in [2.24, 2.45) is 7.05 Å². The Labute approximate surface area is 116 Å². The number of fused-ring (bicyclic) bond motifs is 1. The highest BCUT2D eigenvalue weighted by Crippen LogP contribution is 2.19. The molecule has 0 spiro atoms. The lowest BCUT2D eigenvalue weighted by molar-refractivity contribution is 0.629. The van der Waals surface area contributed by atoms with Crippen molar-refractivity contribution in [3.8, 4) is 0 Å². The maximum absolute atomic E-state index is 13.1. The van der Waals surface area contributed by atoms with Crippen LogP contribution in [0.25, 0.3) is 10.9 Å². The minimum atomic E-state index is -0.208. The van der Waals surface area contributed by atoms with Crippen LogP contribution in [0.15, 0.2) is 36.8 Å². The van der Waals surface area contributed by atoms with Crippen LogP contribution in [0.5, 0.6) is 0 Å². The van der Waals surface area contributed by atoms with E-state index < -0.39 is 0 Å². The number of halogens is 1. The summed E-state index contributed by atoms with van der Waals surface area (Å²) in [5.41, 5.74) is 3.24. The number of rotatable bonds is 5. The van der Waals surface area contributed by atoms with Crippen molar-refractivity contribution in [1.29, 1.82) is 0 Å². The van der Waals surface area contributed by atoms with Crippen LogP contribution in [0.4, 0.5) is 4.39 Å². The van der Waals surface area contributed by atoms with Gasteiger partial charge in [-0.1, -0.05) is 0 Å². The first-order valence-electron chi connectivity index (χ1n) is 6.66. The maximum atomic E-state index is 13.1. The van der Waals surface area contributed by atoms with Gasteiger partial charge in [0.25, 0.3) is 0 Å². The van der Waals surface area contributed by atoms with Gasteiger partial charge in [-0.15, -0.1) is 0 Å². The molecule has 0 saturated carbocycles. The van der Waals surface area contributed by atoms with Gasteiger partial charge in [0, 0.05) is 42.5 Å². The Balaban J connectivity index is 1.57. The molecular weight excluding hydrogens is 255 g/mol. The first-order chi connectivity index (χ1) is 9.72. The number of aryl methyl sites for hydroxylation is 1. The topological polar surface area (TPSA) is 45.6 Å². The molecule has 0 bridgehead atoms. The number of nitrogens with one attached hydrogen (secondary N) is 2. The molecule has 0 aliphatic rings. The smallest absolute Gasteiger partial charge is 0.125 e. The number of hydrogen-bond donors (Lipinski definition) is 2. The van der Waals surface area contributed by atoms with Crippen molar-refractivity contribution in [2.75, 3.05) is 6.54 Å². The Bertz CT molecular complexity index is 714. The third kappa shape index (κ3) is 2.72. The Morgan fingerprint density at radius 3 is 3.10 bits per heavy atom. The summed E-state index contributed by atoms with van der Waals surface area (Å²) in [6.07, 6.45) is 6.73. The highest BCUT2D eigenvalue weighted by atomic mass is 19.1. The van der Waals surface area contributed by atoms with E-state index >= 15 is 0 Å². The van der Waals surface area contributed by atoms with E-state index in [1.807, 2.05) is 31.7 Å². The zero-order chi connectivity index (χ0) is 13.9. The summed E-state index contributed by atoms with van der Waals surface area (Å²) in [5.74, 6) is -0.208. The zero-order valence-corrected chi connectivity index (χ0v) is 11.4. The molecule has 3 rings (SSSR count). The van der Waals surface area contributed by atoms with Gasteiger partial charge in [0.15, 0.2) is 0 Å². The monoisotopic (exact) mass is 272 g/mol. The first-order valence-corrected chi connectivity index (χ1v) is 6.66. The highest BCUT2D eigenvalue weighted by molar-refractivity contribution is 5.83. The Hall–Kier alpha value is -2.14. The number of aromatic amines is 1. The molecule has 2 heterocycles. The van der Waals surface area contributed by atoms with Crippen LogP contribution in [0.2, 0.25) is 0 Å². The molecule has 0 saturated heterocycles. The predicted octanol–water partition coefficient (Wildman–Crippen LogP) is 2.37. The van der Waals surface area contributed by atoms with Crippen LogP contribution in [-0.2, 0) is 20.0 Å². The van der Waals surface area contributed by atoms with Crippen molar-refractivity contribution in [3.63, 3.8) is 0 Å². The fraction of sp³-hybridized carbons (Fsp3) is 0.267. The molecule has 2 aromatic heterocycles. The maximum Gasteiger partial charge on any atom is 0.125 e. The van der Waals surface area contributed by atoms with Crippen molar-refractivity contribution >= 4 is 10.9 Å². The van der Waals surface area contributed by atoms with Gasteiger partial charge < -0.3 is 10.3 Å². The largest absolute Gasteiger partial charge is 0.361 e. The number of benzene rings is 1. The van der Waals surface area contributed by atoms with Crippen LogP contribution in [0, 0.1) is 5.82 Å². The summed E-state index contributed by atoms with van der Waals surface area (Å²) in [6.45, 7) is 1.68. The number of aromatic nitrogens is 3. The van der Waals surface area contributed by atoms with E-state index in [0.29, 0.717) is 0 Å². The summed E-state index contributed by atoms with van der Waals surface area (Å²) in [6, 6.07) is 4.86. The van der Waals surface area contributed by atoms with E-state index in [4.69, 9.17) is 0 Å². The van der Waals surface area contributed by atoms with E-state index in [9.17, 15) is 4.39 Å². The lowest BCUT2D eigenvalue weighted by Crippen LogP contribution is -2.16. The lowest BCUT2D eigenvalue weighted by atomic mass is 10.1. The minimum absolute atomic E-state index is 0.208. The number of nitrogens with zero attached hydrogens (tertiary/aromatic N) is 2. The third-order valence-corrected chi connectivity index (χ3v) is 3.39. The summed E-state index contributed by atoms with van der Waals surface area (Å²) in [5, 5.41) is 8.61. The van der Waals surface area contributed by atoms with Gasteiger partial charge in [0.05, 0.1) is 6.20 Å². The Morgan fingerprint density at radius 1 is 1.40 bits per heavy atom. The molecule has 0 amide bonds. The summed E-state index contributed by atoms with van der Waals surface area (Å²) < 4.78 is 14.9. The predicted molar refractivity (Wildman–Crippen MR) is 76.9 cm³/mol. The molecule has 4 nitrogen and oxygen atoms in total. The van der Waals surface area contributed by atoms with Crippen molar-refractivity contribution in [1.82, 2.24) is 20.1 Å². The quantitative estimate of drug-likeness (QED) is 0.700. The Kier molecular flexibility index (Phi) is 3.52. The molecular formula is C15H17FN4. The van der Waals surface area contributed by atoms with Crippen LogP contribution < -0.4 is 5.32 Å². The van der Waals surface area contributed by atoms with Crippen LogP contribution in [0.3, 0.4) is 0 Å². The van der Waals surface area contributed by atoms with E-state index in [2.05, 4.69) is 15.4 Å². The standard InChI is InChI=1S/C15H17FN4/c1-20-10-11(8-19-20)7-17-5-4-12-9-18-15-6-13(16)2-3-14(12)15/h2-3,6,8-10,17-18H,4-5,7H2,1H3. The fourth-order valence-corrected chi connectivity index (χ4v) is 2.38. The fourth-order valence-electron chi connectivity index (χ4n) is 2.38. The van der Waals surface area contributed by atoms with E-state index in [-0.39, 0.29) is 5.82 Å². The summed E-state index contributed by atoms with van der Waals surface area (Å²) >= 11 is 0.